The number of aryl methyl sites for hydroxylation is 2. The molecule has 2 atom stereocenters. The van der Waals surface area contributed by atoms with E-state index in [2.05, 4.69) is 13.8 Å². The molecule has 1 aromatic carbocycles. The van der Waals surface area contributed by atoms with Gasteiger partial charge in [-0.2, -0.15) is 0 Å². The van der Waals surface area contributed by atoms with E-state index < -0.39 is 28.3 Å². The first-order valence-corrected chi connectivity index (χ1v) is 12.5. The Bertz CT molecular complexity index is 1230. The highest BCUT2D eigenvalue weighted by molar-refractivity contribution is 6.67. The largest absolute Gasteiger partial charge is 0.457 e. The number of aromatic nitrogens is 1. The van der Waals surface area contributed by atoms with Crippen LogP contribution in [0.25, 0.3) is 11.1 Å². The van der Waals surface area contributed by atoms with E-state index in [-0.39, 0.29) is 13.2 Å². The average Bonchev–Trinajstić information content (AvgIpc) is 2.82. The minimum Gasteiger partial charge on any atom is -0.457 e. The quantitative estimate of drug-likeness (QED) is 0.343. The molecular formula is C28H30Cl2N2O4. The minimum atomic E-state index is -0.916. The van der Waals surface area contributed by atoms with E-state index in [9.17, 15) is 14.4 Å². The van der Waals surface area contributed by atoms with Crippen molar-refractivity contribution in [2.75, 3.05) is 6.61 Å². The number of ether oxygens (including phenoxy) is 1. The van der Waals surface area contributed by atoms with Gasteiger partial charge in [-0.1, -0.05) is 61.9 Å². The highest BCUT2D eigenvalue weighted by Gasteiger charge is 2.31. The number of carbonyl (C=O) groups is 3. The van der Waals surface area contributed by atoms with Gasteiger partial charge in [-0.25, -0.2) is 4.79 Å². The number of nitrogens with zero attached hydrogens (tertiary/aromatic N) is 1. The molecule has 2 unspecified atom stereocenters. The second-order valence-electron chi connectivity index (χ2n) is 9.38. The summed E-state index contributed by atoms with van der Waals surface area (Å²) in [5.74, 6) is -1.96. The fourth-order valence-corrected chi connectivity index (χ4v) is 4.75. The van der Waals surface area contributed by atoms with Crippen LogP contribution < -0.4 is 5.73 Å². The Hall–Kier alpha value is -2.80. The van der Waals surface area contributed by atoms with E-state index >= 15 is 0 Å². The number of nitrogens with two attached hydrogens (primary N) is 1. The summed E-state index contributed by atoms with van der Waals surface area (Å²) in [4.78, 5) is 41.6. The smallest absolute Gasteiger partial charge is 0.340 e. The molecule has 0 bridgehead atoms. The Kier molecular flexibility index (Phi) is 9.23. The summed E-state index contributed by atoms with van der Waals surface area (Å²) in [6.07, 6.45) is 5.35. The molecule has 2 aromatic rings. The van der Waals surface area contributed by atoms with Crippen LogP contribution in [-0.2, 0) is 27.3 Å². The second-order valence-corrected chi connectivity index (χ2v) is 10.1. The molecule has 0 spiro atoms. The van der Waals surface area contributed by atoms with Crippen LogP contribution >= 0.6 is 23.2 Å². The Morgan fingerprint density at radius 2 is 1.69 bits per heavy atom. The molecule has 36 heavy (non-hydrogen) atoms. The van der Waals surface area contributed by atoms with E-state index in [0.29, 0.717) is 22.7 Å². The summed E-state index contributed by atoms with van der Waals surface area (Å²) in [5.41, 5.74) is 12.0. The lowest BCUT2D eigenvalue weighted by Gasteiger charge is -2.22. The number of rotatable bonds is 9. The summed E-state index contributed by atoms with van der Waals surface area (Å²) in [7, 11) is 0. The van der Waals surface area contributed by atoms with Crippen LogP contribution in [0.2, 0.25) is 0 Å². The number of hydrogen-bond acceptors (Lipinski definition) is 6. The Morgan fingerprint density at radius 3 is 2.25 bits per heavy atom. The van der Waals surface area contributed by atoms with Crippen molar-refractivity contribution >= 4 is 39.7 Å². The van der Waals surface area contributed by atoms with Gasteiger partial charge in [0.15, 0.2) is 0 Å². The zero-order valence-electron chi connectivity index (χ0n) is 20.8. The molecule has 2 N–H and O–H groups in total. The fraction of sp³-hybridized carbons (Fsp3) is 0.357. The molecule has 1 aliphatic rings. The molecule has 1 aliphatic carbocycles. The number of hydrogen-bond donors (Lipinski definition) is 1. The fourth-order valence-electron chi connectivity index (χ4n) is 4.34. The minimum absolute atomic E-state index is 0.113. The lowest BCUT2D eigenvalue weighted by Crippen LogP contribution is -2.25. The third-order valence-corrected chi connectivity index (χ3v) is 6.61. The summed E-state index contributed by atoms with van der Waals surface area (Å²) in [5, 5.41) is -1.39. The third kappa shape index (κ3) is 6.30. The predicted octanol–water partition coefficient (Wildman–Crippen LogP) is 5.44. The number of benzene rings is 1. The van der Waals surface area contributed by atoms with Gasteiger partial charge >= 0.3 is 5.97 Å². The zero-order chi connectivity index (χ0) is 26.6. The number of pyridine rings is 1. The molecule has 0 saturated carbocycles. The van der Waals surface area contributed by atoms with Gasteiger partial charge in [-0.3, -0.25) is 14.6 Å². The van der Waals surface area contributed by atoms with Crippen molar-refractivity contribution in [3.63, 3.8) is 0 Å². The van der Waals surface area contributed by atoms with Crippen LogP contribution in [0.4, 0.5) is 0 Å². The summed E-state index contributed by atoms with van der Waals surface area (Å²) in [6, 6.07) is 7.90. The molecule has 190 valence electrons. The first-order chi connectivity index (χ1) is 17.0. The molecule has 0 fully saturated rings. The average molecular weight is 529 g/mol. The van der Waals surface area contributed by atoms with Crippen molar-refractivity contribution < 1.29 is 19.1 Å². The number of halogens is 2. The van der Waals surface area contributed by atoms with Gasteiger partial charge < -0.3 is 10.5 Å². The molecule has 1 aromatic heterocycles. The van der Waals surface area contributed by atoms with Gasteiger partial charge in [0, 0.05) is 17.8 Å². The molecule has 0 aliphatic heterocycles. The van der Waals surface area contributed by atoms with Crippen LogP contribution in [0, 0.1) is 31.6 Å². The standard InChI is InChI=1S/C28H30Cl2N2O4/c1-15(2)11-23-22(13-31)25(19-8-5-16(3)6-9-19)24(17(4)32-23)28(35)36-14-18-7-10-20(26(29)33)21(12-18)27(30)34/h5-10,12,15,20-21H,11,13-14,31H2,1-4H3. The number of allylic oxidation sites excluding steroid dienone is 2. The molecule has 0 amide bonds. The monoisotopic (exact) mass is 528 g/mol. The maximum atomic E-state index is 13.4. The van der Waals surface area contributed by atoms with Gasteiger partial charge in [-0.15, -0.1) is 0 Å². The van der Waals surface area contributed by atoms with Crippen LogP contribution in [0.5, 0.6) is 0 Å². The molecular weight excluding hydrogens is 499 g/mol. The maximum Gasteiger partial charge on any atom is 0.340 e. The molecule has 3 rings (SSSR count). The highest BCUT2D eigenvalue weighted by Crippen LogP contribution is 2.33. The molecule has 6 nitrogen and oxygen atoms in total. The summed E-state index contributed by atoms with van der Waals surface area (Å²) in [6.45, 7) is 8.11. The lowest BCUT2D eigenvalue weighted by molar-refractivity contribution is -0.121. The zero-order valence-corrected chi connectivity index (χ0v) is 22.3. The van der Waals surface area contributed by atoms with Crippen molar-refractivity contribution in [2.24, 2.45) is 23.5 Å². The van der Waals surface area contributed by atoms with E-state index in [1.54, 1.807) is 13.0 Å². The van der Waals surface area contributed by atoms with E-state index in [1.165, 1.54) is 12.2 Å². The lowest BCUT2D eigenvalue weighted by atomic mass is 9.87. The van der Waals surface area contributed by atoms with Crippen molar-refractivity contribution in [1.82, 2.24) is 4.98 Å². The van der Waals surface area contributed by atoms with Crippen molar-refractivity contribution in [3.05, 3.63) is 76.1 Å². The van der Waals surface area contributed by atoms with Crippen LogP contribution in [0.15, 0.2) is 48.1 Å². The molecule has 8 heteroatoms. The third-order valence-electron chi connectivity index (χ3n) is 6.11. The number of esters is 1. The van der Waals surface area contributed by atoms with Crippen LogP contribution in [-0.4, -0.2) is 28.0 Å². The van der Waals surface area contributed by atoms with E-state index in [1.807, 2.05) is 31.2 Å². The van der Waals surface area contributed by atoms with Crippen LogP contribution in [0.3, 0.4) is 0 Å². The molecule has 0 radical (unpaired) electrons. The Labute approximate surface area is 221 Å². The Morgan fingerprint density at radius 1 is 1.06 bits per heavy atom. The molecule has 0 saturated heterocycles. The van der Waals surface area contributed by atoms with E-state index in [0.717, 1.165) is 34.4 Å². The summed E-state index contributed by atoms with van der Waals surface area (Å²) < 4.78 is 5.67. The normalized spacial score (nSPS) is 17.2. The van der Waals surface area contributed by atoms with Gasteiger partial charge in [0.1, 0.15) is 6.61 Å². The topological polar surface area (TPSA) is 99.3 Å². The first-order valence-electron chi connectivity index (χ1n) is 11.8. The van der Waals surface area contributed by atoms with Crippen molar-refractivity contribution in [1.29, 1.82) is 0 Å². The van der Waals surface area contributed by atoms with Crippen molar-refractivity contribution in [2.45, 2.75) is 40.7 Å². The maximum absolute atomic E-state index is 13.4. The Balaban J connectivity index is 2.00. The van der Waals surface area contributed by atoms with Crippen molar-refractivity contribution in [3.8, 4) is 11.1 Å². The number of carbonyl (C=O) groups excluding carboxylic acids is 3. The summed E-state index contributed by atoms with van der Waals surface area (Å²) >= 11 is 11.3. The predicted molar refractivity (Wildman–Crippen MR) is 142 cm³/mol. The van der Waals surface area contributed by atoms with Gasteiger partial charge in [0.05, 0.1) is 23.1 Å². The van der Waals surface area contributed by atoms with E-state index in [4.69, 9.17) is 38.7 Å². The van der Waals surface area contributed by atoms with Gasteiger partial charge in [-0.05, 0) is 66.1 Å². The van der Waals surface area contributed by atoms with Gasteiger partial charge in [0.25, 0.3) is 0 Å². The second kappa shape index (κ2) is 12.0. The SMILES string of the molecule is Cc1ccc(-c2c(CN)c(CC(C)C)nc(C)c2C(=O)OCC2=CC(C(=O)Cl)C(C(=O)Cl)C=C2)cc1. The highest BCUT2D eigenvalue weighted by atomic mass is 35.5. The first kappa shape index (κ1) is 27.8. The van der Waals surface area contributed by atoms with Crippen LogP contribution in [0.1, 0.15) is 46.7 Å². The molecule has 1 heterocycles. The van der Waals surface area contributed by atoms with Gasteiger partial charge in [0.2, 0.25) is 10.5 Å².